The molecule has 3 heterocycles. The van der Waals surface area contributed by atoms with Gasteiger partial charge in [0.2, 0.25) is 0 Å². The van der Waals surface area contributed by atoms with E-state index in [-0.39, 0.29) is 42.7 Å². The van der Waals surface area contributed by atoms with Crippen molar-refractivity contribution in [1.82, 2.24) is 9.55 Å². The topological polar surface area (TPSA) is 33.5 Å². The molecule has 1 aliphatic heterocycles. The van der Waals surface area contributed by atoms with Crippen molar-refractivity contribution >= 4 is 44.6 Å². The molecular weight excluding hydrogens is 892 g/mol. The number of hydrogen-bond donors (Lipinski definition) is 0. The molecule has 58 heavy (non-hydrogen) atoms. The van der Waals surface area contributed by atoms with E-state index in [0.717, 1.165) is 45.0 Å². The van der Waals surface area contributed by atoms with Gasteiger partial charge in [-0.1, -0.05) is 119 Å². The number of aromatic nitrogens is 2. The quantitative estimate of drug-likeness (QED) is 0.161. The molecule has 0 saturated carbocycles. The summed E-state index contributed by atoms with van der Waals surface area (Å²) in [6.45, 7) is 29.4. The summed E-state index contributed by atoms with van der Waals surface area (Å²) in [5, 5.41) is 2.28. The number of hydrogen-bond acceptors (Lipinski definition) is 4. The van der Waals surface area contributed by atoms with E-state index in [9.17, 15) is 0 Å². The molecule has 0 aliphatic carbocycles. The van der Waals surface area contributed by atoms with Crippen LogP contribution in [0.2, 0.25) is 0 Å². The average molecular weight is 947 g/mol. The molecule has 0 bridgehead atoms. The van der Waals surface area contributed by atoms with Gasteiger partial charge in [-0.2, -0.15) is 12.1 Å². The Bertz CT molecular complexity index is 2610. The molecular formula is C52H55N4OPt-3. The number of fused-ring (bicyclic) bond motifs is 4. The molecule has 5 nitrogen and oxygen atoms in total. The molecule has 302 valence electrons. The molecule has 8 rings (SSSR count). The Morgan fingerprint density at radius 2 is 1.14 bits per heavy atom. The number of rotatable bonds is 5. The van der Waals surface area contributed by atoms with Crippen molar-refractivity contribution in [1.29, 1.82) is 0 Å². The second kappa shape index (κ2) is 14.8. The van der Waals surface area contributed by atoms with Crippen LogP contribution >= 0.6 is 0 Å². The second-order valence-corrected chi connectivity index (χ2v) is 19.7. The summed E-state index contributed by atoms with van der Waals surface area (Å²) in [4.78, 5) is 9.40. The Morgan fingerprint density at radius 3 is 1.78 bits per heavy atom. The molecule has 6 heteroatoms. The van der Waals surface area contributed by atoms with Gasteiger partial charge in [0.15, 0.2) is 0 Å². The molecule has 0 unspecified atom stereocenters. The van der Waals surface area contributed by atoms with Crippen molar-refractivity contribution < 1.29 is 25.8 Å². The largest absolute Gasteiger partial charge is 0.509 e. The van der Waals surface area contributed by atoms with Gasteiger partial charge in [-0.05, 0) is 91.8 Å². The molecule has 0 fully saturated rings. The molecule has 7 aromatic rings. The van der Waals surface area contributed by atoms with Crippen molar-refractivity contribution in [2.75, 3.05) is 9.80 Å². The third-order valence-electron chi connectivity index (χ3n) is 11.1. The van der Waals surface area contributed by atoms with Crippen LogP contribution in [-0.4, -0.2) is 9.55 Å². The Kier molecular flexibility index (Phi) is 10.5. The minimum absolute atomic E-state index is 0. The smallest absolute Gasteiger partial charge is 0.135 e. The first-order chi connectivity index (χ1) is 26.8. The van der Waals surface area contributed by atoms with Crippen molar-refractivity contribution in [2.45, 2.75) is 105 Å². The monoisotopic (exact) mass is 946 g/mol. The average Bonchev–Trinajstić information content (AvgIpc) is 3.69. The first-order valence-electron chi connectivity index (χ1n) is 20.1. The van der Waals surface area contributed by atoms with Crippen LogP contribution in [-0.2, 0) is 42.7 Å². The molecule has 0 spiro atoms. The Balaban J connectivity index is 0.00000512. The molecule has 0 N–H and O–H groups in total. The third kappa shape index (κ3) is 7.83. The van der Waals surface area contributed by atoms with Crippen LogP contribution in [0.5, 0.6) is 11.5 Å². The first-order valence-corrected chi connectivity index (χ1v) is 20.1. The predicted molar refractivity (Wildman–Crippen MR) is 239 cm³/mol. The first kappa shape index (κ1) is 41.3. The fourth-order valence-electron chi connectivity index (χ4n) is 7.58. The summed E-state index contributed by atoms with van der Waals surface area (Å²) in [6.07, 6.45) is 1.91. The fourth-order valence-corrected chi connectivity index (χ4v) is 7.58. The van der Waals surface area contributed by atoms with Crippen LogP contribution < -0.4 is 14.5 Å². The van der Waals surface area contributed by atoms with E-state index in [1.165, 1.54) is 27.6 Å². The van der Waals surface area contributed by atoms with E-state index in [4.69, 9.17) is 9.72 Å². The zero-order chi connectivity index (χ0) is 40.7. The maximum absolute atomic E-state index is 6.64. The van der Waals surface area contributed by atoms with Crippen molar-refractivity contribution in [3.63, 3.8) is 0 Å². The van der Waals surface area contributed by atoms with Crippen LogP contribution in [0.1, 0.15) is 105 Å². The summed E-state index contributed by atoms with van der Waals surface area (Å²) in [6, 6.07) is 44.2. The van der Waals surface area contributed by atoms with E-state index in [2.05, 4.69) is 201 Å². The van der Waals surface area contributed by atoms with Gasteiger partial charge < -0.3 is 19.1 Å². The van der Waals surface area contributed by atoms with Gasteiger partial charge in [0.1, 0.15) is 5.82 Å². The number of anilines is 4. The molecule has 0 atom stereocenters. The number of pyridine rings is 1. The summed E-state index contributed by atoms with van der Waals surface area (Å²) in [5.41, 5.74) is 11.4. The second-order valence-electron chi connectivity index (χ2n) is 19.7. The molecule has 0 amide bonds. The molecule has 1 aliphatic rings. The normalized spacial score (nSPS) is 13.6. The van der Waals surface area contributed by atoms with Gasteiger partial charge >= 0.3 is 0 Å². The molecule has 0 radical (unpaired) electrons. The summed E-state index contributed by atoms with van der Waals surface area (Å²) < 4.78 is 8.86. The van der Waals surface area contributed by atoms with E-state index < -0.39 is 0 Å². The zero-order valence-corrected chi connectivity index (χ0v) is 38.3. The maximum atomic E-state index is 6.64. The van der Waals surface area contributed by atoms with E-state index in [1.54, 1.807) is 0 Å². The number of nitrogens with zero attached hydrogens (tertiary/aromatic N) is 4. The van der Waals surface area contributed by atoms with Crippen molar-refractivity contribution in [3.8, 4) is 17.3 Å². The predicted octanol–water partition coefficient (Wildman–Crippen LogP) is 14.2. The van der Waals surface area contributed by atoms with Crippen molar-refractivity contribution in [2.24, 2.45) is 0 Å². The Morgan fingerprint density at radius 1 is 0.534 bits per heavy atom. The van der Waals surface area contributed by atoms with E-state index in [0.29, 0.717) is 11.5 Å². The van der Waals surface area contributed by atoms with Crippen molar-refractivity contribution in [3.05, 3.63) is 150 Å². The van der Waals surface area contributed by atoms with Crippen LogP contribution in [0.3, 0.4) is 0 Å². The van der Waals surface area contributed by atoms with Gasteiger partial charge in [-0.3, -0.25) is 0 Å². The molecule has 2 aromatic heterocycles. The Hall–Kier alpha value is -4.86. The maximum Gasteiger partial charge on any atom is 0.135 e. The van der Waals surface area contributed by atoms with Crippen LogP contribution in [0.25, 0.3) is 27.6 Å². The summed E-state index contributed by atoms with van der Waals surface area (Å²) >= 11 is 0. The number of ether oxygens (including phenoxy) is 1. The van der Waals surface area contributed by atoms with E-state index in [1.807, 2.05) is 24.4 Å². The van der Waals surface area contributed by atoms with Crippen LogP contribution in [0.15, 0.2) is 109 Å². The minimum atomic E-state index is -0.0230. The van der Waals surface area contributed by atoms with Gasteiger partial charge in [0.05, 0.1) is 0 Å². The van der Waals surface area contributed by atoms with Gasteiger partial charge in [-0.15, -0.1) is 48.1 Å². The summed E-state index contributed by atoms with van der Waals surface area (Å²) in [5.74, 6) is 2.09. The minimum Gasteiger partial charge on any atom is -0.509 e. The standard InChI is InChI=1S/C52H55N4O.Pt/c1-49(2,3)34-20-23-44-43(29-34)42-22-21-41(32-47(42)56(44)48-30-35(24-25-53-48)50(4,5)6)57-40-17-15-16-38(31-40)54-33-55(46-19-14-13-18-45(46)54)39-27-36(51(7,8)9)26-37(28-39)52(10,11)12;/h13-30,33H,1-12H3;/q-3;. The van der Waals surface area contributed by atoms with Gasteiger partial charge in [-0.25, -0.2) is 4.98 Å². The molecule has 5 aromatic carbocycles. The number of para-hydroxylation sites is 2. The zero-order valence-electron chi connectivity index (χ0n) is 36.0. The number of benzene rings is 5. The summed E-state index contributed by atoms with van der Waals surface area (Å²) in [7, 11) is 0. The van der Waals surface area contributed by atoms with Gasteiger partial charge in [0, 0.05) is 61.3 Å². The van der Waals surface area contributed by atoms with Crippen LogP contribution in [0.4, 0.5) is 22.7 Å². The third-order valence-corrected chi connectivity index (χ3v) is 11.1. The molecule has 0 saturated heterocycles. The fraction of sp³-hybridized carbons (Fsp3) is 0.308. The SMILES string of the molecule is CC(C)(C)c1cc(N2[CH-]N(c3[c-]c(Oc4[c-]c5c(cc4)c4cc(C(C)(C)C)ccc4n5-c4cc(C(C)(C)C)ccn4)ccc3)c3ccccc32)cc(C(C)(C)C)c1.[Pt]. The van der Waals surface area contributed by atoms with E-state index >= 15 is 0 Å². The van der Waals surface area contributed by atoms with Gasteiger partial charge in [0.25, 0.3) is 0 Å². The van der Waals surface area contributed by atoms with Crippen LogP contribution in [0, 0.1) is 18.8 Å². The Labute approximate surface area is 360 Å².